The van der Waals surface area contributed by atoms with Gasteiger partial charge < -0.3 is 16.0 Å². The topological polar surface area (TPSA) is 80.0 Å². The van der Waals surface area contributed by atoms with Gasteiger partial charge in [-0.25, -0.2) is 0 Å². The second kappa shape index (κ2) is 7.02. The largest absolute Gasteiger partial charge is 0.368 e. The normalized spacial score (nSPS) is 13.7. The Morgan fingerprint density at radius 2 is 1.77 bits per heavy atom. The lowest BCUT2D eigenvalue weighted by molar-refractivity contribution is 0.474. The van der Waals surface area contributed by atoms with E-state index in [-0.39, 0.29) is 18.0 Å². The highest BCUT2D eigenvalue weighted by molar-refractivity contribution is 9.10. The van der Waals surface area contributed by atoms with E-state index in [1.54, 1.807) is 0 Å². The van der Waals surface area contributed by atoms with Crippen LogP contribution < -0.4 is 16.0 Å². The van der Waals surface area contributed by atoms with E-state index in [0.29, 0.717) is 11.8 Å². The molecule has 2 aromatic rings. The Morgan fingerprint density at radius 3 is 2.41 bits per heavy atom. The fourth-order valence-electron chi connectivity index (χ4n) is 2.16. The molecule has 0 aliphatic rings. The molecule has 1 aromatic heterocycles. The maximum atomic E-state index is 5.78. The molecule has 0 radical (unpaired) electrons. The molecule has 7 heteroatoms. The van der Waals surface area contributed by atoms with Gasteiger partial charge in [-0.2, -0.15) is 15.0 Å². The predicted molar refractivity (Wildman–Crippen MR) is 92.7 cm³/mol. The number of nitrogens with two attached hydrogens (primary N) is 1. The van der Waals surface area contributed by atoms with Gasteiger partial charge in [0.15, 0.2) is 5.82 Å². The van der Waals surface area contributed by atoms with Crippen molar-refractivity contribution in [1.82, 2.24) is 20.3 Å². The van der Waals surface area contributed by atoms with Gasteiger partial charge in [-0.15, -0.1) is 0 Å². The Morgan fingerprint density at radius 1 is 1.09 bits per heavy atom. The van der Waals surface area contributed by atoms with Crippen molar-refractivity contribution in [3.8, 4) is 0 Å². The molecule has 3 N–H and O–H groups in total. The summed E-state index contributed by atoms with van der Waals surface area (Å²) in [5, 5.41) is 3.49. The number of benzene rings is 1. The van der Waals surface area contributed by atoms with Crippen LogP contribution in [0.25, 0.3) is 0 Å². The number of nitrogens with one attached hydrogen (secondary N) is 1. The zero-order valence-corrected chi connectivity index (χ0v) is 14.8. The molecule has 22 heavy (non-hydrogen) atoms. The lowest BCUT2D eigenvalue weighted by Gasteiger charge is -2.21. The summed E-state index contributed by atoms with van der Waals surface area (Å²) in [7, 11) is 3.75. The van der Waals surface area contributed by atoms with Gasteiger partial charge in [0.1, 0.15) is 0 Å². The van der Waals surface area contributed by atoms with Gasteiger partial charge in [-0.3, -0.25) is 0 Å². The number of anilines is 2. The predicted octanol–water partition coefficient (Wildman–Crippen LogP) is 2.69. The third-order valence-corrected chi connectivity index (χ3v) is 4.04. The van der Waals surface area contributed by atoms with Crippen molar-refractivity contribution in [2.24, 2.45) is 0 Å². The fourth-order valence-corrected chi connectivity index (χ4v) is 2.78. The van der Waals surface area contributed by atoms with Crippen LogP contribution in [0.15, 0.2) is 28.7 Å². The van der Waals surface area contributed by atoms with E-state index >= 15 is 0 Å². The van der Waals surface area contributed by atoms with Crippen molar-refractivity contribution in [2.75, 3.05) is 24.7 Å². The van der Waals surface area contributed by atoms with Crippen LogP contribution in [-0.4, -0.2) is 29.0 Å². The number of rotatable bonds is 5. The molecule has 0 unspecified atom stereocenters. The van der Waals surface area contributed by atoms with Crippen molar-refractivity contribution < 1.29 is 0 Å². The van der Waals surface area contributed by atoms with Gasteiger partial charge in [-0.1, -0.05) is 34.1 Å². The molecule has 2 rings (SSSR count). The van der Waals surface area contributed by atoms with E-state index < -0.39 is 0 Å². The summed E-state index contributed by atoms with van der Waals surface area (Å²) in [4.78, 5) is 14.6. The molecular weight excluding hydrogens is 344 g/mol. The van der Waals surface area contributed by atoms with E-state index in [9.17, 15) is 0 Å². The highest BCUT2D eigenvalue weighted by Crippen LogP contribution is 2.25. The maximum absolute atomic E-state index is 5.78. The van der Waals surface area contributed by atoms with Gasteiger partial charge in [0.2, 0.25) is 11.9 Å². The molecule has 118 valence electrons. The molecule has 0 saturated heterocycles. The van der Waals surface area contributed by atoms with Gasteiger partial charge in [-0.05, 0) is 25.5 Å². The van der Waals surface area contributed by atoms with E-state index in [1.165, 1.54) is 5.56 Å². The molecule has 0 aliphatic carbocycles. The van der Waals surface area contributed by atoms with Crippen LogP contribution in [0, 0.1) is 0 Å². The van der Waals surface area contributed by atoms with Crippen LogP contribution in [0.1, 0.15) is 37.3 Å². The molecule has 2 atom stereocenters. The first-order chi connectivity index (χ1) is 10.4. The summed E-state index contributed by atoms with van der Waals surface area (Å²) in [5.41, 5.74) is 6.96. The zero-order chi connectivity index (χ0) is 16.3. The molecule has 0 aliphatic heterocycles. The first-order valence-electron chi connectivity index (χ1n) is 7.07. The fraction of sp³-hybridized carbons (Fsp3) is 0.400. The highest BCUT2D eigenvalue weighted by Gasteiger charge is 2.17. The van der Waals surface area contributed by atoms with Crippen molar-refractivity contribution >= 4 is 27.8 Å². The average Bonchev–Trinajstić information content (AvgIpc) is 2.46. The Balaban J connectivity index is 2.18. The third kappa shape index (κ3) is 3.92. The van der Waals surface area contributed by atoms with Gasteiger partial charge in [0.05, 0.1) is 6.04 Å². The molecular formula is C15H21BrN6. The van der Waals surface area contributed by atoms with Gasteiger partial charge in [0, 0.05) is 24.6 Å². The summed E-state index contributed by atoms with van der Waals surface area (Å²) in [6, 6.07) is 8.23. The Kier molecular flexibility index (Phi) is 5.31. The molecule has 0 bridgehead atoms. The summed E-state index contributed by atoms with van der Waals surface area (Å²) < 4.78 is 1.08. The first kappa shape index (κ1) is 16.6. The maximum Gasteiger partial charge on any atom is 0.229 e. The van der Waals surface area contributed by atoms with Crippen molar-refractivity contribution in [2.45, 2.75) is 25.9 Å². The second-order valence-corrected chi connectivity index (χ2v) is 6.23. The quantitative estimate of drug-likeness (QED) is 0.848. The van der Waals surface area contributed by atoms with Crippen LogP contribution in [0.3, 0.4) is 0 Å². The summed E-state index contributed by atoms with van der Waals surface area (Å²) >= 11 is 3.58. The van der Waals surface area contributed by atoms with Crippen LogP contribution >= 0.6 is 15.9 Å². The highest BCUT2D eigenvalue weighted by atomic mass is 79.9. The third-order valence-electron chi connectivity index (χ3n) is 3.32. The molecule has 1 aromatic carbocycles. The van der Waals surface area contributed by atoms with Crippen LogP contribution in [0.4, 0.5) is 11.9 Å². The minimum Gasteiger partial charge on any atom is -0.368 e. The average molecular weight is 365 g/mol. The first-order valence-corrected chi connectivity index (χ1v) is 7.87. The minimum atomic E-state index is -0.0499. The number of halogens is 1. The molecule has 0 saturated carbocycles. The van der Waals surface area contributed by atoms with Crippen LogP contribution in [0.5, 0.6) is 0 Å². The number of nitrogens with zero attached hydrogens (tertiary/aromatic N) is 4. The molecule has 0 fully saturated rings. The molecule has 1 heterocycles. The van der Waals surface area contributed by atoms with Gasteiger partial charge in [0.25, 0.3) is 0 Å². The van der Waals surface area contributed by atoms with E-state index in [2.05, 4.69) is 49.2 Å². The SMILES string of the molecule is C[C@@H](N[C@H](C)c1ccccc1Br)c1nc(N)nc(N(C)C)n1. The van der Waals surface area contributed by atoms with Crippen molar-refractivity contribution in [3.63, 3.8) is 0 Å². The minimum absolute atomic E-state index is 0.0499. The number of hydrogen-bond acceptors (Lipinski definition) is 6. The Bertz CT molecular complexity index is 646. The van der Waals surface area contributed by atoms with Crippen LogP contribution in [-0.2, 0) is 0 Å². The monoisotopic (exact) mass is 364 g/mol. The number of aromatic nitrogens is 3. The van der Waals surface area contributed by atoms with Gasteiger partial charge >= 0.3 is 0 Å². The molecule has 0 amide bonds. The van der Waals surface area contributed by atoms with Crippen molar-refractivity contribution in [1.29, 1.82) is 0 Å². The van der Waals surface area contributed by atoms with E-state index in [1.807, 2.05) is 44.1 Å². The summed E-state index contributed by atoms with van der Waals surface area (Å²) in [6.07, 6.45) is 0. The van der Waals surface area contributed by atoms with E-state index in [0.717, 1.165) is 4.47 Å². The summed E-state index contributed by atoms with van der Waals surface area (Å²) in [6.45, 7) is 4.12. The number of nitrogen functional groups attached to an aromatic ring is 1. The van der Waals surface area contributed by atoms with Crippen molar-refractivity contribution in [3.05, 3.63) is 40.1 Å². The van der Waals surface area contributed by atoms with Crippen LogP contribution in [0.2, 0.25) is 0 Å². The zero-order valence-electron chi connectivity index (χ0n) is 13.2. The lowest BCUT2D eigenvalue weighted by Crippen LogP contribution is -2.26. The Labute approximate surface area is 139 Å². The molecule has 6 nitrogen and oxygen atoms in total. The molecule has 0 spiro atoms. The lowest BCUT2D eigenvalue weighted by atomic mass is 10.1. The second-order valence-electron chi connectivity index (χ2n) is 5.38. The standard InChI is InChI=1S/C15H21BrN6/c1-9(11-7-5-6-8-12(11)16)18-10(2)13-19-14(17)21-15(20-13)22(3)4/h5-10,18H,1-4H3,(H2,17,19,20,21)/t9-,10-/m1/s1. The number of hydrogen-bond donors (Lipinski definition) is 2. The van der Waals surface area contributed by atoms with E-state index in [4.69, 9.17) is 5.73 Å². The smallest absolute Gasteiger partial charge is 0.229 e. The summed E-state index contributed by atoms with van der Waals surface area (Å²) in [5.74, 6) is 1.43. The Hall–Kier alpha value is -1.73.